The topological polar surface area (TPSA) is 35.6 Å². The Kier molecular flexibility index (Phi) is 4.13. The van der Waals surface area contributed by atoms with Gasteiger partial charge in [-0.05, 0) is 50.0 Å². The van der Waals surface area contributed by atoms with E-state index < -0.39 is 0 Å². The fourth-order valence-corrected chi connectivity index (χ4v) is 3.20. The third kappa shape index (κ3) is 2.91. The minimum atomic E-state index is 0.116. The van der Waals surface area contributed by atoms with Crippen molar-refractivity contribution in [2.75, 3.05) is 37.6 Å². The summed E-state index contributed by atoms with van der Waals surface area (Å²) in [6, 6.07) is 7.63. The third-order valence-corrected chi connectivity index (χ3v) is 4.39. The first-order valence-corrected chi connectivity index (χ1v) is 7.64. The molecule has 0 atom stereocenters. The van der Waals surface area contributed by atoms with Gasteiger partial charge in [-0.25, -0.2) is 4.79 Å². The summed E-state index contributed by atoms with van der Waals surface area (Å²) in [5.74, 6) is 0.638. The van der Waals surface area contributed by atoms with Gasteiger partial charge in [-0.15, -0.1) is 0 Å². The Balaban J connectivity index is 1.64. The number of halogens is 1. The molecule has 2 heterocycles. The normalized spacial score (nSPS) is 20.8. The van der Waals surface area contributed by atoms with E-state index in [1.807, 2.05) is 34.1 Å². The van der Waals surface area contributed by atoms with Crippen LogP contribution in [0.15, 0.2) is 24.3 Å². The average Bonchev–Trinajstić information content (AvgIpc) is 2.81. The molecule has 0 spiro atoms. The fraction of sp³-hybridized carbons (Fsp3) is 0.533. The summed E-state index contributed by atoms with van der Waals surface area (Å²) < 4.78 is 0. The van der Waals surface area contributed by atoms with Gasteiger partial charge >= 0.3 is 6.03 Å². The number of nitrogens with zero attached hydrogens (tertiary/aromatic N) is 2. The number of hydrogen-bond donors (Lipinski definition) is 1. The number of benzene rings is 1. The highest BCUT2D eigenvalue weighted by atomic mass is 35.5. The first-order valence-electron chi connectivity index (χ1n) is 7.27. The molecular formula is C15H20ClN3O. The lowest BCUT2D eigenvalue weighted by Gasteiger charge is -2.27. The number of carbonyl (C=O) groups is 1. The van der Waals surface area contributed by atoms with Gasteiger partial charge in [0.2, 0.25) is 0 Å². The maximum atomic E-state index is 12.5. The lowest BCUT2D eigenvalue weighted by molar-refractivity contribution is 0.204. The SMILES string of the molecule is O=C1N(CC2CCNCC2)CCN1c1cccc(Cl)c1. The second-order valence-corrected chi connectivity index (χ2v) is 5.99. The molecule has 1 aromatic carbocycles. The number of hydrogen-bond acceptors (Lipinski definition) is 2. The molecule has 0 aromatic heterocycles. The molecule has 0 unspecified atom stereocenters. The molecule has 2 fully saturated rings. The number of carbonyl (C=O) groups excluding carboxylic acids is 1. The molecule has 0 saturated carbocycles. The number of anilines is 1. The number of nitrogens with one attached hydrogen (secondary N) is 1. The van der Waals surface area contributed by atoms with Crippen molar-refractivity contribution in [1.29, 1.82) is 0 Å². The molecule has 2 amide bonds. The van der Waals surface area contributed by atoms with Gasteiger partial charge in [0.25, 0.3) is 0 Å². The van der Waals surface area contributed by atoms with Crippen molar-refractivity contribution >= 4 is 23.3 Å². The van der Waals surface area contributed by atoms with E-state index in [0.717, 1.165) is 38.4 Å². The van der Waals surface area contributed by atoms with Crippen molar-refractivity contribution in [2.45, 2.75) is 12.8 Å². The van der Waals surface area contributed by atoms with Gasteiger partial charge in [-0.1, -0.05) is 17.7 Å². The largest absolute Gasteiger partial charge is 0.324 e. The predicted molar refractivity (Wildman–Crippen MR) is 81.4 cm³/mol. The highest BCUT2D eigenvalue weighted by Crippen LogP contribution is 2.25. The molecule has 108 valence electrons. The molecule has 2 aliphatic heterocycles. The monoisotopic (exact) mass is 293 g/mol. The molecule has 0 bridgehead atoms. The Bertz CT molecular complexity index is 488. The van der Waals surface area contributed by atoms with Gasteiger partial charge in [0.05, 0.1) is 0 Å². The molecule has 4 nitrogen and oxygen atoms in total. The van der Waals surface area contributed by atoms with Crippen molar-refractivity contribution in [3.05, 3.63) is 29.3 Å². The maximum absolute atomic E-state index is 12.5. The number of piperidine rings is 1. The highest BCUT2D eigenvalue weighted by molar-refractivity contribution is 6.30. The summed E-state index contributed by atoms with van der Waals surface area (Å²) in [7, 11) is 0. The standard InChI is InChI=1S/C15H20ClN3O/c16-13-2-1-3-14(10-13)19-9-8-18(15(19)20)11-12-4-6-17-7-5-12/h1-3,10,12,17H,4-9,11H2. The zero-order valence-corrected chi connectivity index (χ0v) is 12.3. The van der Waals surface area contributed by atoms with Gasteiger partial charge in [0, 0.05) is 30.3 Å². The van der Waals surface area contributed by atoms with E-state index in [1.165, 1.54) is 12.8 Å². The van der Waals surface area contributed by atoms with Crippen molar-refractivity contribution < 1.29 is 4.79 Å². The molecule has 5 heteroatoms. The van der Waals surface area contributed by atoms with Crippen LogP contribution in [0.3, 0.4) is 0 Å². The predicted octanol–water partition coefficient (Wildman–Crippen LogP) is 2.58. The molecule has 1 aromatic rings. The highest BCUT2D eigenvalue weighted by Gasteiger charge is 2.31. The average molecular weight is 294 g/mol. The first-order chi connectivity index (χ1) is 9.74. The van der Waals surface area contributed by atoms with Crippen LogP contribution < -0.4 is 10.2 Å². The van der Waals surface area contributed by atoms with Crippen LogP contribution >= 0.6 is 11.6 Å². The van der Waals surface area contributed by atoms with E-state index in [2.05, 4.69) is 5.32 Å². The minimum Gasteiger partial charge on any atom is -0.322 e. The van der Waals surface area contributed by atoms with E-state index in [9.17, 15) is 4.79 Å². The molecule has 2 aliphatic rings. The second kappa shape index (κ2) is 6.02. The van der Waals surface area contributed by atoms with Crippen LogP contribution in [0.25, 0.3) is 0 Å². The lowest BCUT2D eigenvalue weighted by atomic mass is 9.98. The van der Waals surface area contributed by atoms with Crippen LogP contribution in [0, 0.1) is 5.92 Å². The molecular weight excluding hydrogens is 274 g/mol. The van der Waals surface area contributed by atoms with Crippen LogP contribution in [-0.2, 0) is 0 Å². The molecule has 3 rings (SSSR count). The van der Waals surface area contributed by atoms with E-state index in [1.54, 1.807) is 0 Å². The maximum Gasteiger partial charge on any atom is 0.324 e. The summed E-state index contributed by atoms with van der Waals surface area (Å²) in [5.41, 5.74) is 0.898. The van der Waals surface area contributed by atoms with Crippen LogP contribution in [-0.4, -0.2) is 43.7 Å². The zero-order valence-electron chi connectivity index (χ0n) is 11.5. The first kappa shape index (κ1) is 13.7. The lowest BCUT2D eigenvalue weighted by Crippen LogP contribution is -2.38. The van der Waals surface area contributed by atoms with Crippen molar-refractivity contribution in [1.82, 2.24) is 10.2 Å². The Morgan fingerprint density at radius 3 is 2.80 bits per heavy atom. The summed E-state index contributed by atoms with van der Waals surface area (Å²) in [6.07, 6.45) is 2.34. The Morgan fingerprint density at radius 1 is 1.25 bits per heavy atom. The fourth-order valence-electron chi connectivity index (χ4n) is 3.01. The molecule has 0 aliphatic carbocycles. The number of rotatable bonds is 3. The second-order valence-electron chi connectivity index (χ2n) is 5.55. The minimum absolute atomic E-state index is 0.116. The van der Waals surface area contributed by atoms with Gasteiger partial charge in [0.1, 0.15) is 0 Å². The molecule has 1 N–H and O–H groups in total. The van der Waals surface area contributed by atoms with E-state index >= 15 is 0 Å². The summed E-state index contributed by atoms with van der Waals surface area (Å²) in [4.78, 5) is 16.3. The Labute approximate surface area is 124 Å². The van der Waals surface area contributed by atoms with Crippen LogP contribution in [0.5, 0.6) is 0 Å². The smallest absolute Gasteiger partial charge is 0.322 e. The zero-order chi connectivity index (χ0) is 13.9. The van der Waals surface area contributed by atoms with Crippen LogP contribution in [0.2, 0.25) is 5.02 Å². The van der Waals surface area contributed by atoms with Crippen LogP contribution in [0.4, 0.5) is 10.5 Å². The van der Waals surface area contributed by atoms with E-state index in [4.69, 9.17) is 11.6 Å². The van der Waals surface area contributed by atoms with Crippen molar-refractivity contribution in [3.8, 4) is 0 Å². The third-order valence-electron chi connectivity index (χ3n) is 4.15. The number of amides is 2. The molecule has 2 saturated heterocycles. The van der Waals surface area contributed by atoms with Crippen LogP contribution in [0.1, 0.15) is 12.8 Å². The van der Waals surface area contributed by atoms with E-state index in [-0.39, 0.29) is 6.03 Å². The van der Waals surface area contributed by atoms with Crippen molar-refractivity contribution in [3.63, 3.8) is 0 Å². The van der Waals surface area contributed by atoms with Gasteiger partial charge in [-0.3, -0.25) is 4.90 Å². The quantitative estimate of drug-likeness (QED) is 0.930. The molecule has 0 radical (unpaired) electrons. The van der Waals surface area contributed by atoms with Gasteiger partial charge < -0.3 is 10.2 Å². The Morgan fingerprint density at radius 2 is 2.05 bits per heavy atom. The van der Waals surface area contributed by atoms with Gasteiger partial charge in [-0.2, -0.15) is 0 Å². The van der Waals surface area contributed by atoms with E-state index in [0.29, 0.717) is 10.9 Å². The summed E-state index contributed by atoms with van der Waals surface area (Å²) >= 11 is 6.00. The van der Waals surface area contributed by atoms with Crippen molar-refractivity contribution in [2.24, 2.45) is 5.92 Å². The number of urea groups is 1. The summed E-state index contributed by atoms with van der Waals surface area (Å²) in [5, 5.41) is 4.04. The summed E-state index contributed by atoms with van der Waals surface area (Å²) in [6.45, 7) is 4.60. The molecule has 20 heavy (non-hydrogen) atoms. The Hall–Kier alpha value is -1.26. The van der Waals surface area contributed by atoms with Gasteiger partial charge in [0.15, 0.2) is 0 Å².